The number of pyridine rings is 1. The van der Waals surface area contributed by atoms with E-state index in [2.05, 4.69) is 9.71 Å². The summed E-state index contributed by atoms with van der Waals surface area (Å²) in [6.45, 7) is 0. The van der Waals surface area contributed by atoms with Gasteiger partial charge in [0.2, 0.25) is 10.0 Å². The second kappa shape index (κ2) is 6.45. The number of nitrogens with zero attached hydrogens (tertiary/aromatic N) is 1. The van der Waals surface area contributed by atoms with Crippen LogP contribution in [0.15, 0.2) is 24.5 Å². The molecule has 6 heteroatoms. The Morgan fingerprint density at radius 3 is 2.47 bits per heavy atom. The maximum absolute atomic E-state index is 12.0. The summed E-state index contributed by atoms with van der Waals surface area (Å²) in [6, 6.07) is 3.98. The quantitative estimate of drug-likeness (QED) is 0.837. The van der Waals surface area contributed by atoms with Gasteiger partial charge in [-0.3, -0.25) is 4.98 Å². The molecule has 3 N–H and O–H groups in total. The molecule has 1 aliphatic carbocycles. The standard InChI is InChI=1S/C13H21N3O2S/c14-12-1-3-13(4-2-12)16-19(17,18)10-7-11-5-8-15-9-6-11/h5-6,8-9,12-13,16H,1-4,7,10,14H2. The van der Waals surface area contributed by atoms with Crippen molar-refractivity contribution in [1.82, 2.24) is 9.71 Å². The average molecular weight is 283 g/mol. The number of aryl methyl sites for hydroxylation is 1. The topological polar surface area (TPSA) is 85.1 Å². The second-order valence-corrected chi connectivity index (χ2v) is 7.03. The summed E-state index contributed by atoms with van der Waals surface area (Å²) >= 11 is 0. The van der Waals surface area contributed by atoms with Gasteiger partial charge in [0, 0.05) is 24.5 Å². The lowest BCUT2D eigenvalue weighted by Gasteiger charge is -2.26. The van der Waals surface area contributed by atoms with Crippen LogP contribution in [0.4, 0.5) is 0 Å². The van der Waals surface area contributed by atoms with Crippen LogP contribution in [-0.4, -0.2) is 31.2 Å². The van der Waals surface area contributed by atoms with E-state index in [1.165, 1.54) is 0 Å². The Bertz CT molecular complexity index is 482. The maximum Gasteiger partial charge on any atom is 0.212 e. The first-order valence-corrected chi connectivity index (χ1v) is 8.35. The molecule has 19 heavy (non-hydrogen) atoms. The van der Waals surface area contributed by atoms with Crippen molar-refractivity contribution in [3.8, 4) is 0 Å². The highest BCUT2D eigenvalue weighted by molar-refractivity contribution is 7.89. The molecular weight excluding hydrogens is 262 g/mol. The molecule has 1 fully saturated rings. The molecule has 0 aromatic carbocycles. The SMILES string of the molecule is NC1CCC(NS(=O)(=O)CCc2ccncc2)CC1. The van der Waals surface area contributed by atoms with Gasteiger partial charge in [0.05, 0.1) is 5.75 Å². The molecule has 1 aliphatic rings. The third kappa shape index (κ3) is 4.89. The fraction of sp³-hybridized carbons (Fsp3) is 0.615. The number of nitrogens with two attached hydrogens (primary N) is 1. The molecule has 1 heterocycles. The van der Waals surface area contributed by atoms with Gasteiger partial charge in [0.1, 0.15) is 0 Å². The third-order valence-electron chi connectivity index (χ3n) is 3.53. The summed E-state index contributed by atoms with van der Waals surface area (Å²) < 4.78 is 26.8. The lowest BCUT2D eigenvalue weighted by atomic mass is 9.93. The summed E-state index contributed by atoms with van der Waals surface area (Å²) in [5, 5.41) is 0. The summed E-state index contributed by atoms with van der Waals surface area (Å²) in [7, 11) is -3.21. The number of hydrogen-bond acceptors (Lipinski definition) is 4. The lowest BCUT2D eigenvalue weighted by Crippen LogP contribution is -2.41. The van der Waals surface area contributed by atoms with Crippen LogP contribution in [0, 0.1) is 0 Å². The van der Waals surface area contributed by atoms with Gasteiger partial charge in [-0.1, -0.05) is 0 Å². The van der Waals surface area contributed by atoms with Gasteiger partial charge >= 0.3 is 0 Å². The molecule has 0 aliphatic heterocycles. The lowest BCUT2D eigenvalue weighted by molar-refractivity contribution is 0.373. The molecule has 106 valence electrons. The molecule has 0 saturated heterocycles. The first-order chi connectivity index (χ1) is 9.05. The van der Waals surface area contributed by atoms with Crippen molar-refractivity contribution in [3.05, 3.63) is 30.1 Å². The van der Waals surface area contributed by atoms with Crippen LogP contribution in [-0.2, 0) is 16.4 Å². The molecule has 1 aromatic heterocycles. The predicted molar refractivity (Wildman–Crippen MR) is 75.1 cm³/mol. The molecule has 0 spiro atoms. The van der Waals surface area contributed by atoms with E-state index in [1.54, 1.807) is 12.4 Å². The molecule has 0 bridgehead atoms. The number of hydrogen-bond donors (Lipinski definition) is 2. The molecule has 1 saturated carbocycles. The predicted octanol–water partition coefficient (Wildman–Crippen LogP) is 0.813. The fourth-order valence-electron chi connectivity index (χ4n) is 2.35. The second-order valence-electron chi connectivity index (χ2n) is 5.15. The maximum atomic E-state index is 12.0. The largest absolute Gasteiger partial charge is 0.328 e. The summed E-state index contributed by atoms with van der Waals surface area (Å²) in [5.41, 5.74) is 6.80. The summed E-state index contributed by atoms with van der Waals surface area (Å²) in [6.07, 6.45) is 7.36. The first kappa shape index (κ1) is 14.4. The number of nitrogens with one attached hydrogen (secondary N) is 1. The molecule has 0 amide bonds. The Morgan fingerprint density at radius 1 is 1.21 bits per heavy atom. The van der Waals surface area contributed by atoms with Crippen LogP contribution in [0.2, 0.25) is 0 Å². The Balaban J connectivity index is 1.82. The Labute approximate surface area is 114 Å². The van der Waals surface area contributed by atoms with Gasteiger partial charge in [-0.2, -0.15) is 0 Å². The van der Waals surface area contributed by atoms with Crippen molar-refractivity contribution in [3.63, 3.8) is 0 Å². The number of aromatic nitrogens is 1. The summed E-state index contributed by atoms with van der Waals surface area (Å²) in [5.74, 6) is 0.125. The van der Waals surface area contributed by atoms with E-state index >= 15 is 0 Å². The Hall–Kier alpha value is -0.980. The van der Waals surface area contributed by atoms with Crippen LogP contribution < -0.4 is 10.5 Å². The normalized spacial score (nSPS) is 24.3. The molecular formula is C13H21N3O2S. The van der Waals surface area contributed by atoms with Crippen LogP contribution in [0.5, 0.6) is 0 Å². The molecule has 0 radical (unpaired) electrons. The van der Waals surface area contributed by atoms with E-state index < -0.39 is 10.0 Å². The molecule has 0 atom stereocenters. The minimum atomic E-state index is -3.21. The third-order valence-corrected chi connectivity index (χ3v) is 4.96. The zero-order valence-electron chi connectivity index (χ0n) is 11.0. The number of sulfonamides is 1. The number of rotatable bonds is 5. The zero-order chi connectivity index (χ0) is 13.7. The highest BCUT2D eigenvalue weighted by Gasteiger charge is 2.22. The Morgan fingerprint density at radius 2 is 1.84 bits per heavy atom. The van der Waals surface area contributed by atoms with Gasteiger partial charge in [-0.15, -0.1) is 0 Å². The van der Waals surface area contributed by atoms with Crippen molar-refractivity contribution in [1.29, 1.82) is 0 Å². The van der Waals surface area contributed by atoms with Gasteiger partial charge in [0.25, 0.3) is 0 Å². The highest BCUT2D eigenvalue weighted by Crippen LogP contribution is 2.17. The molecule has 1 aromatic rings. The van der Waals surface area contributed by atoms with Crippen molar-refractivity contribution < 1.29 is 8.42 Å². The van der Waals surface area contributed by atoms with Gasteiger partial charge in [0.15, 0.2) is 0 Å². The van der Waals surface area contributed by atoms with Crippen LogP contribution >= 0.6 is 0 Å². The molecule has 5 nitrogen and oxygen atoms in total. The smallest absolute Gasteiger partial charge is 0.212 e. The minimum absolute atomic E-state index is 0.0576. The van der Waals surface area contributed by atoms with E-state index in [4.69, 9.17) is 5.73 Å². The van der Waals surface area contributed by atoms with E-state index in [-0.39, 0.29) is 17.8 Å². The van der Waals surface area contributed by atoms with E-state index in [1.807, 2.05) is 12.1 Å². The molecule has 0 unspecified atom stereocenters. The average Bonchev–Trinajstić information content (AvgIpc) is 2.40. The van der Waals surface area contributed by atoms with E-state index in [0.717, 1.165) is 31.2 Å². The van der Waals surface area contributed by atoms with Gasteiger partial charge < -0.3 is 5.73 Å². The van der Waals surface area contributed by atoms with Crippen LogP contribution in [0.3, 0.4) is 0 Å². The van der Waals surface area contributed by atoms with Crippen molar-refractivity contribution in [2.45, 2.75) is 44.2 Å². The van der Waals surface area contributed by atoms with E-state index in [0.29, 0.717) is 6.42 Å². The summed E-state index contributed by atoms with van der Waals surface area (Å²) in [4.78, 5) is 3.91. The highest BCUT2D eigenvalue weighted by atomic mass is 32.2. The molecule has 2 rings (SSSR count). The van der Waals surface area contributed by atoms with Crippen molar-refractivity contribution in [2.24, 2.45) is 5.73 Å². The monoisotopic (exact) mass is 283 g/mol. The fourth-order valence-corrected chi connectivity index (χ4v) is 3.72. The van der Waals surface area contributed by atoms with Crippen molar-refractivity contribution >= 4 is 10.0 Å². The Kier molecular flexibility index (Phi) is 4.90. The zero-order valence-corrected chi connectivity index (χ0v) is 11.8. The van der Waals surface area contributed by atoms with Crippen molar-refractivity contribution in [2.75, 3.05) is 5.75 Å². The van der Waals surface area contributed by atoms with Gasteiger partial charge in [-0.25, -0.2) is 13.1 Å². The van der Waals surface area contributed by atoms with Crippen LogP contribution in [0.25, 0.3) is 0 Å². The van der Waals surface area contributed by atoms with Gasteiger partial charge in [-0.05, 0) is 49.8 Å². The first-order valence-electron chi connectivity index (χ1n) is 6.70. The van der Waals surface area contributed by atoms with Crippen LogP contribution in [0.1, 0.15) is 31.2 Å². The minimum Gasteiger partial charge on any atom is -0.328 e. The van der Waals surface area contributed by atoms with E-state index in [9.17, 15) is 8.42 Å².